The van der Waals surface area contributed by atoms with Crippen LogP contribution in [0.4, 0.5) is 0 Å². The zero-order chi connectivity index (χ0) is 7.90. The highest BCUT2D eigenvalue weighted by Crippen LogP contribution is 2.34. The van der Waals surface area contributed by atoms with E-state index in [1.807, 2.05) is 0 Å². The van der Waals surface area contributed by atoms with E-state index >= 15 is 0 Å². The average Bonchev–Trinajstić information content (AvgIpc) is 2.60. The molecule has 2 nitrogen and oxygen atoms in total. The van der Waals surface area contributed by atoms with E-state index in [4.69, 9.17) is 0 Å². The van der Waals surface area contributed by atoms with Crippen LogP contribution in [0.2, 0.25) is 0 Å². The Morgan fingerprint density at radius 1 is 0.909 bits per heavy atom. The van der Waals surface area contributed by atoms with Crippen molar-refractivity contribution in [2.24, 2.45) is 11.8 Å². The van der Waals surface area contributed by atoms with Crippen LogP contribution in [0, 0.1) is 11.8 Å². The third-order valence-electron chi connectivity index (χ3n) is 2.37. The van der Waals surface area contributed by atoms with Crippen LogP contribution >= 0.6 is 0 Å². The standard InChI is InChI=1S/C8H14O2S/c9-11(10,5-7-1-2-7)6-8-3-4-8/h7-8H,1-6H2. The van der Waals surface area contributed by atoms with Gasteiger partial charge < -0.3 is 0 Å². The molecule has 0 aromatic rings. The molecule has 0 bridgehead atoms. The molecule has 0 saturated heterocycles. The fraction of sp³-hybridized carbons (Fsp3) is 1.00. The summed E-state index contributed by atoms with van der Waals surface area (Å²) in [6, 6.07) is 0. The van der Waals surface area contributed by atoms with Gasteiger partial charge in [-0.05, 0) is 37.5 Å². The molecule has 2 fully saturated rings. The first kappa shape index (κ1) is 7.59. The number of sulfone groups is 1. The van der Waals surface area contributed by atoms with Crippen LogP contribution in [-0.4, -0.2) is 19.9 Å². The molecule has 0 unspecified atom stereocenters. The Kier molecular flexibility index (Phi) is 1.71. The van der Waals surface area contributed by atoms with E-state index in [1.54, 1.807) is 0 Å². The van der Waals surface area contributed by atoms with Crippen LogP contribution < -0.4 is 0 Å². The molecule has 2 aliphatic rings. The molecule has 0 atom stereocenters. The zero-order valence-corrected chi connectivity index (χ0v) is 7.44. The van der Waals surface area contributed by atoms with Crippen molar-refractivity contribution in [3.8, 4) is 0 Å². The molecule has 11 heavy (non-hydrogen) atoms. The van der Waals surface area contributed by atoms with E-state index in [9.17, 15) is 8.42 Å². The summed E-state index contributed by atoms with van der Waals surface area (Å²) in [5.41, 5.74) is 0. The Labute approximate surface area is 67.9 Å². The van der Waals surface area contributed by atoms with Crippen molar-refractivity contribution in [2.75, 3.05) is 11.5 Å². The monoisotopic (exact) mass is 174 g/mol. The van der Waals surface area contributed by atoms with Gasteiger partial charge in [-0.3, -0.25) is 0 Å². The van der Waals surface area contributed by atoms with Gasteiger partial charge >= 0.3 is 0 Å². The van der Waals surface area contributed by atoms with Gasteiger partial charge in [0.15, 0.2) is 9.84 Å². The summed E-state index contributed by atoms with van der Waals surface area (Å²) in [6.07, 6.45) is 4.57. The summed E-state index contributed by atoms with van der Waals surface area (Å²) in [6.45, 7) is 0. The lowest BCUT2D eigenvalue weighted by molar-refractivity contribution is 0.588. The van der Waals surface area contributed by atoms with Gasteiger partial charge in [-0.1, -0.05) is 0 Å². The molecular formula is C8H14O2S. The van der Waals surface area contributed by atoms with E-state index in [-0.39, 0.29) is 0 Å². The van der Waals surface area contributed by atoms with Crippen LogP contribution in [-0.2, 0) is 9.84 Å². The van der Waals surface area contributed by atoms with E-state index in [0.717, 1.165) is 25.7 Å². The van der Waals surface area contributed by atoms with Crippen molar-refractivity contribution in [3.63, 3.8) is 0 Å². The molecule has 0 aromatic carbocycles. The minimum atomic E-state index is -2.66. The van der Waals surface area contributed by atoms with Crippen LogP contribution in [0.1, 0.15) is 25.7 Å². The predicted molar refractivity (Wildman–Crippen MR) is 44.1 cm³/mol. The smallest absolute Gasteiger partial charge is 0.150 e. The highest BCUT2D eigenvalue weighted by molar-refractivity contribution is 7.91. The zero-order valence-electron chi connectivity index (χ0n) is 6.62. The third-order valence-corrected chi connectivity index (χ3v) is 4.33. The van der Waals surface area contributed by atoms with Crippen LogP contribution in [0.3, 0.4) is 0 Å². The van der Waals surface area contributed by atoms with Gasteiger partial charge in [-0.25, -0.2) is 8.42 Å². The first-order valence-electron chi connectivity index (χ1n) is 4.36. The molecule has 0 amide bonds. The molecule has 2 saturated carbocycles. The topological polar surface area (TPSA) is 34.1 Å². The molecule has 64 valence electrons. The van der Waals surface area contributed by atoms with Crippen molar-refractivity contribution in [3.05, 3.63) is 0 Å². The summed E-state index contributed by atoms with van der Waals surface area (Å²) >= 11 is 0. The Hall–Kier alpha value is -0.0500. The van der Waals surface area contributed by atoms with Crippen LogP contribution in [0.25, 0.3) is 0 Å². The van der Waals surface area contributed by atoms with Gasteiger partial charge in [0.25, 0.3) is 0 Å². The summed E-state index contributed by atoms with van der Waals surface area (Å²) in [5, 5.41) is 0. The van der Waals surface area contributed by atoms with Gasteiger partial charge in [0.1, 0.15) is 0 Å². The second kappa shape index (κ2) is 2.47. The first-order valence-corrected chi connectivity index (χ1v) is 6.18. The summed E-state index contributed by atoms with van der Waals surface area (Å²) in [5.74, 6) is 2.00. The number of rotatable bonds is 4. The fourth-order valence-corrected chi connectivity index (χ4v) is 3.59. The summed E-state index contributed by atoms with van der Waals surface area (Å²) in [4.78, 5) is 0. The minimum Gasteiger partial charge on any atom is -0.229 e. The minimum absolute atomic E-state index is 0.476. The first-order chi connectivity index (χ1) is 5.16. The maximum absolute atomic E-state index is 11.3. The van der Waals surface area contributed by atoms with Gasteiger partial charge in [0.05, 0.1) is 11.5 Å². The quantitative estimate of drug-likeness (QED) is 0.642. The summed E-state index contributed by atoms with van der Waals surface area (Å²) < 4.78 is 22.7. The molecule has 0 heterocycles. The van der Waals surface area contributed by atoms with Crippen molar-refractivity contribution >= 4 is 9.84 Å². The van der Waals surface area contributed by atoms with E-state index in [0.29, 0.717) is 23.3 Å². The second-order valence-corrected chi connectivity index (χ2v) is 6.12. The Morgan fingerprint density at radius 3 is 1.55 bits per heavy atom. The Bertz CT molecular complexity index is 215. The van der Waals surface area contributed by atoms with E-state index in [1.165, 1.54) is 0 Å². The normalized spacial score (nSPS) is 25.5. The summed E-state index contributed by atoms with van der Waals surface area (Å²) in [7, 11) is -2.66. The molecule has 3 heteroatoms. The predicted octanol–water partition coefficient (Wildman–Crippen LogP) is 1.22. The lowest BCUT2D eigenvalue weighted by Crippen LogP contribution is -2.13. The molecule has 0 N–H and O–H groups in total. The van der Waals surface area contributed by atoms with Crippen molar-refractivity contribution < 1.29 is 8.42 Å². The number of hydrogen-bond donors (Lipinski definition) is 0. The van der Waals surface area contributed by atoms with Crippen LogP contribution in [0.15, 0.2) is 0 Å². The molecule has 2 aliphatic carbocycles. The average molecular weight is 174 g/mol. The van der Waals surface area contributed by atoms with Gasteiger partial charge in [0.2, 0.25) is 0 Å². The van der Waals surface area contributed by atoms with Crippen molar-refractivity contribution in [1.82, 2.24) is 0 Å². The fourth-order valence-electron chi connectivity index (χ4n) is 1.36. The molecule has 0 aromatic heterocycles. The highest BCUT2D eigenvalue weighted by atomic mass is 32.2. The Balaban J connectivity index is 1.85. The van der Waals surface area contributed by atoms with Crippen molar-refractivity contribution in [1.29, 1.82) is 0 Å². The molecule has 0 spiro atoms. The van der Waals surface area contributed by atoms with Crippen LogP contribution in [0.5, 0.6) is 0 Å². The second-order valence-electron chi connectivity index (χ2n) is 3.96. The highest BCUT2D eigenvalue weighted by Gasteiger charge is 2.32. The lowest BCUT2D eigenvalue weighted by atomic mass is 10.5. The SMILES string of the molecule is O=S(=O)(CC1CC1)CC1CC1. The van der Waals surface area contributed by atoms with E-state index < -0.39 is 9.84 Å². The Morgan fingerprint density at radius 2 is 1.27 bits per heavy atom. The lowest BCUT2D eigenvalue weighted by Gasteiger charge is -1.99. The number of hydrogen-bond acceptors (Lipinski definition) is 2. The molecular weight excluding hydrogens is 160 g/mol. The molecule has 0 aliphatic heterocycles. The van der Waals surface area contributed by atoms with E-state index in [2.05, 4.69) is 0 Å². The third kappa shape index (κ3) is 2.47. The maximum Gasteiger partial charge on any atom is 0.150 e. The largest absolute Gasteiger partial charge is 0.229 e. The van der Waals surface area contributed by atoms with Gasteiger partial charge in [-0.15, -0.1) is 0 Å². The molecule has 0 radical (unpaired) electrons. The van der Waals surface area contributed by atoms with Gasteiger partial charge in [-0.2, -0.15) is 0 Å². The molecule has 2 rings (SSSR count). The maximum atomic E-state index is 11.3. The van der Waals surface area contributed by atoms with Crippen molar-refractivity contribution in [2.45, 2.75) is 25.7 Å². The van der Waals surface area contributed by atoms with Gasteiger partial charge in [0, 0.05) is 0 Å².